The summed E-state index contributed by atoms with van der Waals surface area (Å²) in [6, 6.07) is 19.3. The van der Waals surface area contributed by atoms with Gasteiger partial charge in [0.1, 0.15) is 0 Å². The molecule has 0 saturated carbocycles. The highest BCUT2D eigenvalue weighted by molar-refractivity contribution is 9.10. The summed E-state index contributed by atoms with van der Waals surface area (Å²) in [6.07, 6.45) is 4.26. The number of thiocarbonyl (C=S) groups is 1. The average molecular weight is 733 g/mol. The molecule has 0 bridgehead atoms. The zero-order valence-electron chi connectivity index (χ0n) is 24.8. The van der Waals surface area contributed by atoms with Crippen molar-refractivity contribution in [2.75, 3.05) is 11.9 Å². The quantitative estimate of drug-likeness (QED) is 0.0819. The van der Waals surface area contributed by atoms with Gasteiger partial charge in [-0.25, -0.2) is 4.98 Å². The van der Waals surface area contributed by atoms with Crippen LogP contribution in [0, 0.1) is 16.0 Å². The van der Waals surface area contributed by atoms with Crippen molar-refractivity contribution in [1.82, 2.24) is 19.8 Å². The highest BCUT2D eigenvalue weighted by Crippen LogP contribution is 2.27. The summed E-state index contributed by atoms with van der Waals surface area (Å²) in [5, 5.41) is 18.9. The van der Waals surface area contributed by atoms with E-state index in [1.54, 1.807) is 30.7 Å². The fourth-order valence-electron chi connectivity index (χ4n) is 4.73. The van der Waals surface area contributed by atoms with Gasteiger partial charge < -0.3 is 20.1 Å². The number of benzene rings is 3. The minimum Gasteiger partial charge on any atom is -0.351 e. The Labute approximate surface area is 286 Å². The molecule has 45 heavy (non-hydrogen) atoms. The lowest BCUT2D eigenvalue weighted by Crippen LogP contribution is -2.50. The van der Waals surface area contributed by atoms with E-state index in [4.69, 9.17) is 35.4 Å². The molecule has 1 aromatic heterocycles. The van der Waals surface area contributed by atoms with Crippen molar-refractivity contribution in [3.05, 3.63) is 121 Å². The topological polar surface area (TPSA) is 105 Å². The lowest BCUT2D eigenvalue weighted by molar-refractivity contribution is -0.384. The number of halogens is 3. The van der Waals surface area contributed by atoms with Gasteiger partial charge >= 0.3 is 0 Å². The van der Waals surface area contributed by atoms with Gasteiger partial charge in [0.25, 0.3) is 5.69 Å². The van der Waals surface area contributed by atoms with E-state index in [2.05, 4.69) is 45.4 Å². The van der Waals surface area contributed by atoms with Crippen molar-refractivity contribution in [2.45, 2.75) is 45.8 Å². The SMILES string of the molecule is CC[C@H](C)[C@@H](CN(Cc1cccc(Cl)c1Cl)C(=S)Nc1cccc(Br)c1)NC(=O)Cc1cncn1Cc1ccc([N+](=O)[O-])cc1. The van der Waals surface area contributed by atoms with E-state index >= 15 is 0 Å². The number of carbonyl (C=O) groups is 1. The van der Waals surface area contributed by atoms with Crippen LogP contribution in [0.25, 0.3) is 0 Å². The lowest BCUT2D eigenvalue weighted by atomic mass is 9.98. The number of carbonyl (C=O) groups excluding carboxylic acids is 1. The van der Waals surface area contributed by atoms with Crippen LogP contribution < -0.4 is 10.6 Å². The van der Waals surface area contributed by atoms with E-state index < -0.39 is 4.92 Å². The molecule has 4 aromatic rings. The zero-order chi connectivity index (χ0) is 32.5. The summed E-state index contributed by atoms with van der Waals surface area (Å²) in [5.74, 6) is -0.0256. The molecule has 236 valence electrons. The molecule has 3 aromatic carbocycles. The molecule has 0 saturated heterocycles. The van der Waals surface area contributed by atoms with Crippen molar-refractivity contribution in [1.29, 1.82) is 0 Å². The van der Waals surface area contributed by atoms with E-state index in [9.17, 15) is 14.9 Å². The van der Waals surface area contributed by atoms with Gasteiger partial charge in [0.2, 0.25) is 5.91 Å². The van der Waals surface area contributed by atoms with Crippen LogP contribution in [0.15, 0.2) is 83.7 Å². The van der Waals surface area contributed by atoms with Crippen molar-refractivity contribution < 1.29 is 9.72 Å². The van der Waals surface area contributed by atoms with Crippen molar-refractivity contribution in [3.63, 3.8) is 0 Å². The predicted molar refractivity (Wildman–Crippen MR) is 187 cm³/mol. The van der Waals surface area contributed by atoms with Crippen LogP contribution in [0.1, 0.15) is 37.1 Å². The Kier molecular flexibility index (Phi) is 12.3. The molecule has 4 rings (SSSR count). The molecule has 1 amide bonds. The Morgan fingerprint density at radius 3 is 2.58 bits per heavy atom. The summed E-state index contributed by atoms with van der Waals surface area (Å²) < 4.78 is 2.78. The smallest absolute Gasteiger partial charge is 0.269 e. The third kappa shape index (κ3) is 9.74. The molecule has 0 fully saturated rings. The van der Waals surface area contributed by atoms with Gasteiger partial charge in [0.15, 0.2) is 5.11 Å². The molecule has 0 spiro atoms. The van der Waals surface area contributed by atoms with Gasteiger partial charge in [0.05, 0.1) is 27.7 Å². The van der Waals surface area contributed by atoms with Crippen LogP contribution in [0.2, 0.25) is 10.0 Å². The monoisotopic (exact) mass is 730 g/mol. The lowest BCUT2D eigenvalue weighted by Gasteiger charge is -2.33. The van der Waals surface area contributed by atoms with Gasteiger partial charge in [-0.1, -0.05) is 89.7 Å². The maximum absolute atomic E-state index is 13.5. The number of nitro groups is 1. The number of nitro benzene ring substituents is 1. The standard InChI is InChI=1S/C32H33BrCl2N6O3S/c1-3-21(2)29(38-30(42)15-27-16-36-20-40(27)17-22-10-12-26(13-11-22)41(43)44)19-39(18-23-6-4-9-28(34)31(23)35)32(45)37-25-8-5-7-24(33)14-25/h4-14,16,20-21,29H,3,15,17-19H2,1-2H3,(H,37,45)(H,38,42)/t21-,29+/m0/s1. The largest absolute Gasteiger partial charge is 0.351 e. The molecule has 9 nitrogen and oxygen atoms in total. The summed E-state index contributed by atoms with van der Waals surface area (Å²) >= 11 is 22.3. The van der Waals surface area contributed by atoms with Crippen LogP contribution in [0.4, 0.5) is 11.4 Å². The zero-order valence-corrected chi connectivity index (χ0v) is 28.7. The number of hydrogen-bond acceptors (Lipinski definition) is 5. The molecule has 1 heterocycles. The van der Waals surface area contributed by atoms with E-state index in [0.717, 1.165) is 33.4 Å². The first-order chi connectivity index (χ1) is 21.5. The number of nitrogens with one attached hydrogen (secondary N) is 2. The molecule has 0 aliphatic carbocycles. The van der Waals surface area contributed by atoms with E-state index in [1.807, 2.05) is 45.9 Å². The van der Waals surface area contributed by atoms with Crippen molar-refractivity contribution in [3.8, 4) is 0 Å². The maximum atomic E-state index is 13.5. The third-order valence-electron chi connectivity index (χ3n) is 7.49. The molecule has 0 aliphatic rings. The van der Waals surface area contributed by atoms with Gasteiger partial charge in [0, 0.05) is 59.9 Å². The van der Waals surface area contributed by atoms with Crippen molar-refractivity contribution in [2.24, 2.45) is 5.92 Å². The van der Waals surface area contributed by atoms with Crippen LogP contribution >= 0.6 is 51.3 Å². The molecule has 0 aliphatic heterocycles. The van der Waals surface area contributed by atoms with Crippen molar-refractivity contribution >= 4 is 73.7 Å². The molecule has 0 radical (unpaired) electrons. The molecule has 2 N–H and O–H groups in total. The van der Waals surface area contributed by atoms with Gasteiger partial charge in [-0.15, -0.1) is 0 Å². The Morgan fingerprint density at radius 2 is 1.89 bits per heavy atom. The van der Waals surface area contributed by atoms with E-state index in [1.165, 1.54) is 12.1 Å². The van der Waals surface area contributed by atoms with Gasteiger partial charge in [-0.3, -0.25) is 14.9 Å². The molecular formula is C32H33BrCl2N6O3S. The average Bonchev–Trinajstić information content (AvgIpc) is 3.44. The first-order valence-corrected chi connectivity index (χ1v) is 16.3. The van der Waals surface area contributed by atoms with E-state index in [-0.39, 0.29) is 30.0 Å². The summed E-state index contributed by atoms with van der Waals surface area (Å²) in [6.45, 7) is 5.41. The van der Waals surface area contributed by atoms with Crippen LogP contribution in [0.3, 0.4) is 0 Å². The minimum atomic E-state index is -0.432. The first kappa shape index (κ1) is 34.4. The first-order valence-electron chi connectivity index (χ1n) is 14.3. The summed E-state index contributed by atoms with van der Waals surface area (Å²) in [7, 11) is 0. The Bertz CT molecular complexity index is 1650. The highest BCUT2D eigenvalue weighted by atomic mass is 79.9. The molecule has 0 unspecified atom stereocenters. The number of aromatic nitrogens is 2. The van der Waals surface area contributed by atoms with Gasteiger partial charge in [-0.2, -0.15) is 0 Å². The fourth-order valence-corrected chi connectivity index (χ4v) is 5.77. The Morgan fingerprint density at radius 1 is 1.16 bits per heavy atom. The van der Waals surface area contributed by atoms with Crippen LogP contribution in [0.5, 0.6) is 0 Å². The Balaban J connectivity index is 1.50. The number of non-ortho nitro benzene ring substituents is 1. The summed E-state index contributed by atoms with van der Waals surface area (Å²) in [5.41, 5.74) is 3.25. The molecule has 2 atom stereocenters. The number of hydrogen-bond donors (Lipinski definition) is 2. The second kappa shape index (κ2) is 16.2. The second-order valence-electron chi connectivity index (χ2n) is 10.7. The number of imidazole rings is 1. The fraction of sp³-hybridized carbons (Fsp3) is 0.281. The minimum absolute atomic E-state index is 0.0260. The third-order valence-corrected chi connectivity index (χ3v) is 9.20. The summed E-state index contributed by atoms with van der Waals surface area (Å²) in [4.78, 5) is 30.3. The number of amides is 1. The predicted octanol–water partition coefficient (Wildman–Crippen LogP) is 7.88. The number of rotatable bonds is 13. The van der Waals surface area contributed by atoms with E-state index in [0.29, 0.717) is 34.8 Å². The second-order valence-corrected chi connectivity index (χ2v) is 12.8. The van der Waals surface area contributed by atoms with Gasteiger partial charge in [-0.05, 0) is 53.5 Å². The Hall–Kier alpha value is -3.51. The highest BCUT2D eigenvalue weighted by Gasteiger charge is 2.25. The molecular weight excluding hydrogens is 699 g/mol. The number of anilines is 1. The van der Waals surface area contributed by atoms with Crippen LogP contribution in [-0.2, 0) is 24.3 Å². The normalized spacial score (nSPS) is 12.3. The van der Waals surface area contributed by atoms with Crippen LogP contribution in [-0.4, -0.2) is 43.0 Å². The number of nitrogens with zero attached hydrogens (tertiary/aromatic N) is 4. The molecule has 13 heteroatoms. The maximum Gasteiger partial charge on any atom is 0.269 e.